The van der Waals surface area contributed by atoms with E-state index in [4.69, 9.17) is 62.9 Å². The average Bonchev–Trinajstić information content (AvgIpc) is 3.77. The summed E-state index contributed by atoms with van der Waals surface area (Å²) in [6, 6.07) is 0. The summed E-state index contributed by atoms with van der Waals surface area (Å²) in [5.41, 5.74) is 7.69. The van der Waals surface area contributed by atoms with Crippen molar-refractivity contribution in [2.75, 3.05) is 38.4 Å². The first kappa shape index (κ1) is 35.6. The number of halogens is 1. The van der Waals surface area contributed by atoms with Crippen LogP contribution in [0.4, 0.5) is 16.2 Å². The molecule has 4 aromatic rings. The van der Waals surface area contributed by atoms with E-state index in [1.54, 1.807) is 0 Å². The molecule has 48 heavy (non-hydrogen) atoms. The van der Waals surface area contributed by atoms with Crippen LogP contribution in [0.1, 0.15) is 25.8 Å². The minimum atomic E-state index is -4.36. The van der Waals surface area contributed by atoms with E-state index in [9.17, 15) is 14.8 Å². The molecule has 262 valence electrons. The van der Waals surface area contributed by atoms with Crippen LogP contribution in [-0.2, 0) is 51.4 Å². The van der Waals surface area contributed by atoms with Crippen LogP contribution in [0.25, 0.3) is 22.3 Å². The number of H-pyrrole nitrogens is 1. The molecule has 2 aliphatic heterocycles. The number of nitrogen functional groups attached to an aromatic ring is 2. The molecule has 25 heteroatoms. The van der Waals surface area contributed by atoms with E-state index in [0.717, 1.165) is 0 Å². The third-order valence-corrected chi connectivity index (χ3v) is 10.7. The number of anilines is 2. The smallest absolute Gasteiger partial charge is 0.325 e. The quantitative estimate of drug-likeness (QED) is 0.0847. The fourth-order valence-electron chi connectivity index (χ4n) is 5.61. The number of aromatic nitrogens is 8. The standard InChI is InChI=1S/C23H31FN10O9P2S3/c1-22(13(35)12(38-2)19(42-22)33-8-29-10-15(25)27-7-28-16(10)33)5-41-45(37,48)43-14-20(39-6-23(14,24)3-4-40-44(46)47)34-9-30-11-17(34)31-21(26)32-18(11)36/h7-9,12-14,19-20,35,44H,3-6H2,1-2H3,(H,37,48)(H,46,47)(H2,25,27,28)(H3,26,31,32,36)/t12-,13+,14+,19+,20-,22-,23+,45?/m1/s1. The maximum atomic E-state index is 16.7. The van der Waals surface area contributed by atoms with Gasteiger partial charge in [0, 0.05) is 13.5 Å². The lowest BCUT2D eigenvalue weighted by molar-refractivity contribution is -0.115. The summed E-state index contributed by atoms with van der Waals surface area (Å²) in [5.74, 6) is -0.0733. The number of nitrogens with one attached hydrogen (secondary N) is 1. The molecule has 2 fully saturated rings. The number of rotatable bonds is 12. The summed E-state index contributed by atoms with van der Waals surface area (Å²) in [6.07, 6.45) is -4.54. The first-order valence-corrected chi connectivity index (χ1v) is 20.4. The zero-order valence-corrected chi connectivity index (χ0v) is 29.5. The maximum absolute atomic E-state index is 16.7. The number of nitrogens with two attached hydrogens (primary N) is 2. The Balaban J connectivity index is 1.25. The molecule has 0 bridgehead atoms. The number of alkyl halides is 1. The van der Waals surface area contributed by atoms with Crippen molar-refractivity contribution in [1.29, 1.82) is 0 Å². The van der Waals surface area contributed by atoms with E-state index < -0.39 is 73.7 Å². The molecule has 2 saturated heterocycles. The Morgan fingerprint density at radius 1 is 1.23 bits per heavy atom. The van der Waals surface area contributed by atoms with Crippen LogP contribution in [0.5, 0.6) is 0 Å². The molecule has 6 rings (SSSR count). The van der Waals surface area contributed by atoms with Gasteiger partial charge in [-0.3, -0.25) is 23.4 Å². The van der Waals surface area contributed by atoms with Gasteiger partial charge in [-0.05, 0) is 18.7 Å². The number of ether oxygens (including phenoxy) is 3. The fraction of sp³-hybridized carbons (Fsp3) is 0.565. The number of hydrogen-bond donors (Lipinski definition) is 6. The third-order valence-electron chi connectivity index (χ3n) is 8.03. The van der Waals surface area contributed by atoms with Crippen LogP contribution >= 0.6 is 25.1 Å². The maximum Gasteiger partial charge on any atom is 0.325 e. The molecule has 0 radical (unpaired) electrons. The molecule has 0 saturated carbocycles. The van der Waals surface area contributed by atoms with Crippen molar-refractivity contribution < 1.29 is 42.2 Å². The van der Waals surface area contributed by atoms with Crippen molar-refractivity contribution in [1.82, 2.24) is 39.0 Å². The minimum Gasteiger partial charge on any atom is -0.387 e. The molecule has 0 aromatic carbocycles. The molecule has 2 unspecified atom stereocenters. The lowest BCUT2D eigenvalue weighted by Gasteiger charge is -2.33. The van der Waals surface area contributed by atoms with Crippen LogP contribution < -0.4 is 17.0 Å². The predicted octanol–water partition coefficient (Wildman–Crippen LogP) is 0.486. The number of aromatic amines is 1. The summed E-state index contributed by atoms with van der Waals surface area (Å²) in [7, 11) is 1.38. The van der Waals surface area contributed by atoms with E-state index in [1.165, 1.54) is 42.1 Å². The van der Waals surface area contributed by atoms with Crippen LogP contribution in [0.2, 0.25) is 0 Å². The summed E-state index contributed by atoms with van der Waals surface area (Å²) in [4.78, 5) is 46.6. The van der Waals surface area contributed by atoms with E-state index in [-0.39, 0.29) is 36.0 Å². The van der Waals surface area contributed by atoms with Crippen LogP contribution in [0.15, 0.2) is 23.8 Å². The second kappa shape index (κ2) is 13.5. The first-order valence-electron chi connectivity index (χ1n) is 14.0. The molecule has 0 amide bonds. The number of aliphatic hydroxyl groups excluding tert-OH is 1. The molecule has 6 heterocycles. The van der Waals surface area contributed by atoms with E-state index in [0.29, 0.717) is 11.2 Å². The number of nitrogens with zero attached hydrogens (tertiary/aromatic N) is 7. The summed E-state index contributed by atoms with van der Waals surface area (Å²) in [6.45, 7) is -4.05. The van der Waals surface area contributed by atoms with Gasteiger partial charge in [0.2, 0.25) is 5.95 Å². The topological polar surface area (TPSA) is 255 Å². The summed E-state index contributed by atoms with van der Waals surface area (Å²) in [5, 5.41) is 11.3. The van der Waals surface area contributed by atoms with Gasteiger partial charge in [-0.2, -0.15) is 4.98 Å². The minimum absolute atomic E-state index is 0.0281. The highest BCUT2D eigenvalue weighted by Crippen LogP contribution is 2.54. The third kappa shape index (κ3) is 6.64. The Labute approximate surface area is 286 Å². The van der Waals surface area contributed by atoms with Gasteiger partial charge >= 0.3 is 6.72 Å². The zero-order valence-electron chi connectivity index (χ0n) is 25.1. The van der Waals surface area contributed by atoms with Gasteiger partial charge in [0.1, 0.15) is 41.9 Å². The van der Waals surface area contributed by atoms with Crippen molar-refractivity contribution in [2.24, 2.45) is 0 Å². The zero-order chi connectivity index (χ0) is 34.6. The predicted molar refractivity (Wildman–Crippen MR) is 179 cm³/mol. The largest absolute Gasteiger partial charge is 0.387 e. The highest BCUT2D eigenvalue weighted by atomic mass is 32.9. The molecule has 7 N–H and O–H groups in total. The lowest BCUT2D eigenvalue weighted by Crippen LogP contribution is -2.45. The van der Waals surface area contributed by atoms with Gasteiger partial charge in [0.05, 0.1) is 32.5 Å². The summed E-state index contributed by atoms with van der Waals surface area (Å²) >= 11 is 14.4. The number of aliphatic hydroxyl groups is 1. The second-order valence-electron chi connectivity index (χ2n) is 11.2. The molecule has 9 atom stereocenters. The Hall–Kier alpha value is -2.24. The molecule has 4 aromatic heterocycles. The van der Waals surface area contributed by atoms with Crippen molar-refractivity contribution >= 4 is 82.8 Å². The molecular formula is C23H31FN10O9P2S3. The van der Waals surface area contributed by atoms with E-state index in [2.05, 4.69) is 42.2 Å². The van der Waals surface area contributed by atoms with Gasteiger partial charge in [-0.1, -0.05) is 11.8 Å². The van der Waals surface area contributed by atoms with Crippen molar-refractivity contribution in [3.63, 3.8) is 0 Å². The van der Waals surface area contributed by atoms with E-state index >= 15 is 4.39 Å². The van der Waals surface area contributed by atoms with Crippen LogP contribution in [-0.4, -0.2) is 106 Å². The highest BCUT2D eigenvalue weighted by molar-refractivity contribution is 8.54. The average molecular weight is 769 g/mol. The van der Waals surface area contributed by atoms with Crippen LogP contribution in [0, 0.1) is 0 Å². The Kier molecular flexibility index (Phi) is 9.99. The van der Waals surface area contributed by atoms with Gasteiger partial charge in [0.25, 0.3) is 5.56 Å². The number of thiol groups is 1. The molecular weight excluding hydrogens is 737 g/mol. The molecule has 19 nitrogen and oxygen atoms in total. The van der Waals surface area contributed by atoms with Crippen molar-refractivity contribution in [3.05, 3.63) is 29.3 Å². The number of hydrogen-bond acceptors (Lipinski definition) is 17. The SMILES string of the molecule is CO[C@H]1[C@@H](n2cnc3c(N)ncnc32)O[C@](C)(COP(O)(=S)O[C@H]2[C@H](n3cnc4c(=O)[nH]c(N)nc43)OC[C@@]2(F)CCO[PH](=S)S)[C@H]1O. The highest BCUT2D eigenvalue weighted by Gasteiger charge is 2.57. The van der Waals surface area contributed by atoms with Crippen LogP contribution in [0.3, 0.4) is 0 Å². The van der Waals surface area contributed by atoms with Gasteiger partial charge < -0.3 is 44.7 Å². The normalized spacial score (nSPS) is 31.1. The van der Waals surface area contributed by atoms with Gasteiger partial charge in [0.15, 0.2) is 40.8 Å². The summed E-state index contributed by atoms with van der Waals surface area (Å²) < 4.78 is 53.9. The Morgan fingerprint density at radius 2 is 1.94 bits per heavy atom. The molecule has 2 aliphatic rings. The van der Waals surface area contributed by atoms with Crippen molar-refractivity contribution in [3.8, 4) is 0 Å². The van der Waals surface area contributed by atoms with Crippen molar-refractivity contribution in [2.45, 2.75) is 55.4 Å². The lowest BCUT2D eigenvalue weighted by atomic mass is 9.97. The van der Waals surface area contributed by atoms with E-state index in [1.807, 2.05) is 0 Å². The van der Waals surface area contributed by atoms with Gasteiger partial charge in [-0.15, -0.1) is 12.2 Å². The number of imidazole rings is 2. The monoisotopic (exact) mass is 768 g/mol. The Morgan fingerprint density at radius 3 is 2.65 bits per heavy atom. The number of methoxy groups -OCH3 is 1. The fourth-order valence-corrected chi connectivity index (χ4v) is 7.91. The van der Waals surface area contributed by atoms with Gasteiger partial charge in [-0.25, -0.2) is 24.3 Å². The second-order valence-corrected chi connectivity index (χ2v) is 18.0. The first-order chi connectivity index (χ1) is 22.7. The molecule has 0 spiro atoms. The number of fused-ring (bicyclic) bond motifs is 2. The Bertz CT molecular complexity index is 1970. The molecule has 0 aliphatic carbocycles.